The molecule has 0 spiro atoms. The van der Waals surface area contributed by atoms with Crippen LogP contribution in [0, 0.1) is 6.92 Å². The van der Waals surface area contributed by atoms with Gasteiger partial charge in [0.25, 0.3) is 15.6 Å². The van der Waals surface area contributed by atoms with Crippen LogP contribution in [-0.2, 0) is 14.8 Å². The van der Waals surface area contributed by atoms with Gasteiger partial charge in [-0.05, 0) is 43.7 Å². The van der Waals surface area contributed by atoms with E-state index in [2.05, 4.69) is 10.3 Å². The Labute approximate surface area is 177 Å². The Bertz CT molecular complexity index is 1470. The van der Waals surface area contributed by atoms with E-state index in [1.807, 2.05) is 0 Å². The molecular weight excluding hydrogens is 420 g/mol. The van der Waals surface area contributed by atoms with Gasteiger partial charge in [-0.2, -0.15) is 0 Å². The number of nitrogens with one attached hydrogen (secondary N) is 2. The molecule has 1 aromatic heterocycles. The van der Waals surface area contributed by atoms with Crippen molar-refractivity contribution in [1.82, 2.24) is 19.2 Å². The molecule has 9 nitrogen and oxygen atoms in total. The number of hydrogen-bond acceptors (Lipinski definition) is 5. The third-order valence-corrected chi connectivity index (χ3v) is 7.06. The number of carbonyl (C=O) groups excluding carboxylic acids is 1. The Morgan fingerprint density at radius 1 is 1.00 bits per heavy atom. The highest BCUT2D eigenvalue weighted by molar-refractivity contribution is 7.89. The summed E-state index contributed by atoms with van der Waals surface area (Å²) in [4.78, 5) is 40.0. The van der Waals surface area contributed by atoms with E-state index >= 15 is 0 Å². The molecule has 0 saturated heterocycles. The molecular formula is C21H20N4O5S. The first kappa shape index (κ1) is 20.6. The van der Waals surface area contributed by atoms with Crippen LogP contribution in [0.25, 0.3) is 16.6 Å². The van der Waals surface area contributed by atoms with Crippen molar-refractivity contribution in [1.29, 1.82) is 0 Å². The molecule has 2 N–H and O–H groups in total. The predicted octanol–water partition coefficient (Wildman–Crippen LogP) is 1.01. The van der Waals surface area contributed by atoms with Gasteiger partial charge in [0.15, 0.2) is 0 Å². The zero-order valence-corrected chi connectivity index (χ0v) is 17.7. The summed E-state index contributed by atoms with van der Waals surface area (Å²) in [5, 5.41) is 2.91. The van der Waals surface area contributed by atoms with Crippen LogP contribution in [0.3, 0.4) is 0 Å². The number of nitrogens with zero attached hydrogens (tertiary/aromatic N) is 2. The summed E-state index contributed by atoms with van der Waals surface area (Å²) in [5.41, 5.74) is 0.195. The van der Waals surface area contributed by atoms with Gasteiger partial charge in [-0.1, -0.05) is 18.2 Å². The summed E-state index contributed by atoms with van der Waals surface area (Å²) in [6.45, 7) is 3.45. The zero-order valence-electron chi connectivity index (χ0n) is 16.9. The number of allylic oxidation sites excluding steroid dienone is 1. The number of carbonyl (C=O) groups is 1. The highest BCUT2D eigenvalue weighted by Crippen LogP contribution is 2.24. The van der Waals surface area contributed by atoms with Gasteiger partial charge < -0.3 is 10.3 Å². The highest BCUT2D eigenvalue weighted by Gasteiger charge is 2.27. The Morgan fingerprint density at radius 2 is 1.74 bits per heavy atom. The Kier molecular flexibility index (Phi) is 5.02. The number of sulfonamides is 1. The molecule has 0 aliphatic carbocycles. The van der Waals surface area contributed by atoms with E-state index in [0.29, 0.717) is 16.5 Å². The van der Waals surface area contributed by atoms with E-state index in [-0.39, 0.29) is 35.3 Å². The standard InChI is InChI=1S/C21H20N4O5S/c1-13-7-8-15(31(29,30)24-10-9-22-19(26)11-14(24)2)12-18(13)25-20(27)16-5-3-4-6-17(16)23-21(25)28/h3-8,11-12H,9-10H2,1-2H3,(H,22,26)(H,23,28). The largest absolute Gasteiger partial charge is 0.351 e. The lowest BCUT2D eigenvalue weighted by atomic mass is 10.2. The Balaban J connectivity index is 1.90. The molecule has 2 aromatic carbocycles. The van der Waals surface area contributed by atoms with Crippen LogP contribution in [-0.4, -0.2) is 41.3 Å². The van der Waals surface area contributed by atoms with E-state index in [0.717, 1.165) is 8.87 Å². The summed E-state index contributed by atoms with van der Waals surface area (Å²) in [5.74, 6) is -0.367. The van der Waals surface area contributed by atoms with Crippen molar-refractivity contribution < 1.29 is 13.2 Å². The van der Waals surface area contributed by atoms with E-state index in [1.54, 1.807) is 37.3 Å². The van der Waals surface area contributed by atoms with Crippen LogP contribution >= 0.6 is 0 Å². The number of hydrogen-bond donors (Lipinski definition) is 2. The summed E-state index contributed by atoms with van der Waals surface area (Å²) in [7, 11) is -4.03. The lowest BCUT2D eigenvalue weighted by molar-refractivity contribution is -0.116. The van der Waals surface area contributed by atoms with Gasteiger partial charge in [-0.25, -0.2) is 17.8 Å². The van der Waals surface area contributed by atoms with Crippen LogP contribution in [0.4, 0.5) is 0 Å². The first-order valence-electron chi connectivity index (χ1n) is 9.54. The monoisotopic (exact) mass is 440 g/mol. The second-order valence-corrected chi connectivity index (χ2v) is 9.08. The third-order valence-electron chi connectivity index (χ3n) is 5.16. The van der Waals surface area contributed by atoms with E-state index < -0.39 is 21.3 Å². The van der Waals surface area contributed by atoms with Crippen molar-refractivity contribution in [3.8, 4) is 5.69 Å². The van der Waals surface area contributed by atoms with Gasteiger partial charge in [-0.15, -0.1) is 0 Å². The SMILES string of the molecule is CC1=CC(=O)NCCN1S(=O)(=O)c1ccc(C)c(-n2c(=O)[nH]c3ccccc3c2=O)c1. The van der Waals surface area contributed by atoms with E-state index in [4.69, 9.17) is 0 Å². The molecule has 4 rings (SSSR count). The molecule has 0 atom stereocenters. The van der Waals surface area contributed by atoms with Gasteiger partial charge in [0.05, 0.1) is 28.0 Å². The number of aromatic nitrogens is 2. The number of aryl methyl sites for hydroxylation is 1. The quantitative estimate of drug-likeness (QED) is 0.630. The summed E-state index contributed by atoms with van der Waals surface area (Å²) in [6.07, 6.45) is 1.22. The third kappa shape index (κ3) is 3.55. The molecule has 0 unspecified atom stereocenters. The number of para-hydroxylation sites is 1. The van der Waals surface area contributed by atoms with Gasteiger partial charge in [0.2, 0.25) is 5.91 Å². The minimum absolute atomic E-state index is 0.0656. The molecule has 31 heavy (non-hydrogen) atoms. The summed E-state index contributed by atoms with van der Waals surface area (Å²) >= 11 is 0. The Hall–Kier alpha value is -3.66. The molecule has 1 amide bonds. The minimum atomic E-state index is -4.03. The van der Waals surface area contributed by atoms with Crippen LogP contribution in [0.1, 0.15) is 12.5 Å². The molecule has 0 bridgehead atoms. The molecule has 0 saturated carbocycles. The van der Waals surface area contributed by atoms with Crippen molar-refractivity contribution in [2.45, 2.75) is 18.7 Å². The molecule has 2 heterocycles. The predicted molar refractivity (Wildman–Crippen MR) is 116 cm³/mol. The van der Waals surface area contributed by atoms with Crippen molar-refractivity contribution in [3.05, 3.63) is 80.6 Å². The second kappa shape index (κ2) is 7.55. The zero-order chi connectivity index (χ0) is 22.3. The topological polar surface area (TPSA) is 121 Å². The molecule has 1 aliphatic heterocycles. The van der Waals surface area contributed by atoms with Crippen LogP contribution < -0.4 is 16.6 Å². The Morgan fingerprint density at radius 3 is 2.52 bits per heavy atom. The van der Waals surface area contributed by atoms with Gasteiger partial charge in [0, 0.05) is 18.3 Å². The lowest BCUT2D eigenvalue weighted by Crippen LogP contribution is -2.35. The smallest absolute Gasteiger partial charge is 0.333 e. The lowest BCUT2D eigenvalue weighted by Gasteiger charge is -2.23. The summed E-state index contributed by atoms with van der Waals surface area (Å²) in [6, 6.07) is 10.9. The van der Waals surface area contributed by atoms with E-state index in [1.165, 1.54) is 25.1 Å². The van der Waals surface area contributed by atoms with Gasteiger partial charge in [0.1, 0.15) is 0 Å². The number of amides is 1. The second-order valence-electron chi connectivity index (χ2n) is 7.22. The average molecular weight is 440 g/mol. The van der Waals surface area contributed by atoms with Crippen molar-refractivity contribution >= 4 is 26.8 Å². The van der Waals surface area contributed by atoms with Gasteiger partial charge >= 0.3 is 5.69 Å². The molecule has 1 aliphatic rings. The number of rotatable bonds is 3. The summed E-state index contributed by atoms with van der Waals surface area (Å²) < 4.78 is 28.7. The first-order valence-corrected chi connectivity index (χ1v) is 11.0. The number of benzene rings is 2. The minimum Gasteiger partial charge on any atom is -0.351 e. The first-order chi connectivity index (χ1) is 14.7. The maximum Gasteiger partial charge on any atom is 0.333 e. The number of aromatic amines is 1. The maximum absolute atomic E-state index is 13.3. The molecule has 10 heteroatoms. The van der Waals surface area contributed by atoms with Crippen LogP contribution in [0.5, 0.6) is 0 Å². The number of H-pyrrole nitrogens is 1. The fourth-order valence-electron chi connectivity index (χ4n) is 3.58. The van der Waals surface area contributed by atoms with E-state index in [9.17, 15) is 22.8 Å². The number of fused-ring (bicyclic) bond motifs is 1. The van der Waals surface area contributed by atoms with Gasteiger partial charge in [-0.3, -0.25) is 13.9 Å². The molecule has 160 valence electrons. The normalized spacial score (nSPS) is 14.8. The van der Waals surface area contributed by atoms with Crippen LogP contribution in [0.15, 0.2) is 68.7 Å². The maximum atomic E-state index is 13.3. The molecule has 3 aromatic rings. The fraction of sp³-hybridized carbons (Fsp3) is 0.190. The molecule has 0 radical (unpaired) electrons. The molecule has 0 fully saturated rings. The van der Waals surface area contributed by atoms with Crippen LogP contribution in [0.2, 0.25) is 0 Å². The van der Waals surface area contributed by atoms with Crippen molar-refractivity contribution in [3.63, 3.8) is 0 Å². The van der Waals surface area contributed by atoms with Crippen molar-refractivity contribution in [2.24, 2.45) is 0 Å². The highest BCUT2D eigenvalue weighted by atomic mass is 32.2. The van der Waals surface area contributed by atoms with Crippen molar-refractivity contribution in [2.75, 3.05) is 13.1 Å². The average Bonchev–Trinajstić information content (AvgIpc) is 2.89. The fourth-order valence-corrected chi connectivity index (χ4v) is 5.10.